The Morgan fingerprint density at radius 1 is 0.818 bits per heavy atom. The number of benzene rings is 1. The first kappa shape index (κ1) is 21.6. The van der Waals surface area contributed by atoms with Gasteiger partial charge in [-0.25, -0.2) is 4.98 Å². The Labute approximate surface area is 193 Å². The van der Waals surface area contributed by atoms with Crippen LogP contribution in [0.2, 0.25) is 0 Å². The van der Waals surface area contributed by atoms with Gasteiger partial charge in [0.25, 0.3) is 5.91 Å². The minimum absolute atomic E-state index is 0.0622. The van der Waals surface area contributed by atoms with E-state index in [9.17, 15) is 14.4 Å². The molecule has 1 aliphatic carbocycles. The van der Waals surface area contributed by atoms with Crippen LogP contribution < -0.4 is 4.90 Å². The van der Waals surface area contributed by atoms with Crippen molar-refractivity contribution in [2.45, 2.75) is 32.1 Å². The SMILES string of the molecule is O=C(c1cnccn1)N1CCN(C(=O)C2CCCCC2C(=O)N2CCc3ccccc32)CC1. The lowest BCUT2D eigenvalue weighted by Crippen LogP contribution is -2.54. The van der Waals surface area contributed by atoms with E-state index in [2.05, 4.69) is 16.0 Å². The van der Waals surface area contributed by atoms with E-state index < -0.39 is 0 Å². The topological polar surface area (TPSA) is 86.7 Å². The molecule has 2 aromatic rings. The highest BCUT2D eigenvalue weighted by atomic mass is 16.2. The minimum Gasteiger partial charge on any atom is -0.339 e. The van der Waals surface area contributed by atoms with E-state index in [0.29, 0.717) is 38.4 Å². The summed E-state index contributed by atoms with van der Waals surface area (Å²) in [6, 6.07) is 8.06. The molecule has 2 atom stereocenters. The Kier molecular flexibility index (Phi) is 6.07. The van der Waals surface area contributed by atoms with E-state index in [1.165, 1.54) is 24.2 Å². The van der Waals surface area contributed by atoms with Crippen molar-refractivity contribution >= 4 is 23.4 Å². The molecule has 5 rings (SSSR count). The average Bonchev–Trinajstić information content (AvgIpc) is 3.32. The lowest BCUT2D eigenvalue weighted by molar-refractivity contribution is -0.144. The van der Waals surface area contributed by atoms with Crippen LogP contribution in [0.15, 0.2) is 42.9 Å². The molecule has 2 fully saturated rings. The quantitative estimate of drug-likeness (QED) is 0.720. The molecular formula is C25H29N5O3. The van der Waals surface area contributed by atoms with Crippen LogP contribution in [0.3, 0.4) is 0 Å². The highest BCUT2D eigenvalue weighted by Gasteiger charge is 2.41. The number of fused-ring (bicyclic) bond motifs is 1. The molecule has 0 spiro atoms. The fourth-order valence-electron chi connectivity index (χ4n) is 5.43. The van der Waals surface area contributed by atoms with Crippen molar-refractivity contribution in [3.63, 3.8) is 0 Å². The van der Waals surface area contributed by atoms with Crippen molar-refractivity contribution < 1.29 is 14.4 Å². The minimum atomic E-state index is -0.277. The summed E-state index contributed by atoms with van der Waals surface area (Å²) in [5.41, 5.74) is 2.52. The van der Waals surface area contributed by atoms with Gasteiger partial charge in [0, 0.05) is 56.7 Å². The van der Waals surface area contributed by atoms with Crippen molar-refractivity contribution in [3.05, 3.63) is 54.1 Å². The number of nitrogens with zero attached hydrogens (tertiary/aromatic N) is 5. The lowest BCUT2D eigenvalue weighted by Gasteiger charge is -2.39. The van der Waals surface area contributed by atoms with Crippen LogP contribution in [0.1, 0.15) is 41.7 Å². The zero-order valence-electron chi connectivity index (χ0n) is 18.7. The zero-order chi connectivity index (χ0) is 22.8. The third kappa shape index (κ3) is 4.21. The van der Waals surface area contributed by atoms with E-state index >= 15 is 0 Å². The summed E-state index contributed by atoms with van der Waals surface area (Å²) in [4.78, 5) is 53.2. The van der Waals surface area contributed by atoms with E-state index in [4.69, 9.17) is 0 Å². The molecule has 2 unspecified atom stereocenters. The number of amides is 3. The van der Waals surface area contributed by atoms with Gasteiger partial charge in [-0.15, -0.1) is 0 Å². The second-order valence-corrected chi connectivity index (χ2v) is 9.07. The van der Waals surface area contributed by atoms with Gasteiger partial charge < -0.3 is 14.7 Å². The fraction of sp³-hybridized carbons (Fsp3) is 0.480. The normalized spacial score (nSPS) is 22.7. The second kappa shape index (κ2) is 9.29. The summed E-state index contributed by atoms with van der Waals surface area (Å²) in [7, 11) is 0. The van der Waals surface area contributed by atoms with Crippen molar-refractivity contribution in [1.82, 2.24) is 19.8 Å². The molecule has 1 aromatic carbocycles. The predicted molar refractivity (Wildman–Crippen MR) is 122 cm³/mol. The maximum atomic E-state index is 13.5. The van der Waals surface area contributed by atoms with Gasteiger partial charge in [-0.3, -0.25) is 19.4 Å². The Hall–Kier alpha value is -3.29. The zero-order valence-corrected chi connectivity index (χ0v) is 18.7. The molecule has 1 saturated carbocycles. The van der Waals surface area contributed by atoms with Crippen LogP contribution in [0.4, 0.5) is 5.69 Å². The molecule has 8 heteroatoms. The average molecular weight is 448 g/mol. The second-order valence-electron chi connectivity index (χ2n) is 9.07. The number of carbonyl (C=O) groups is 3. The predicted octanol–water partition coefficient (Wildman–Crippen LogP) is 2.16. The van der Waals surface area contributed by atoms with Gasteiger partial charge in [-0.2, -0.15) is 0 Å². The third-order valence-electron chi connectivity index (χ3n) is 7.21. The standard InChI is InChI=1S/C25H29N5O3/c31-23(28-13-15-29(16-14-28)25(33)21-17-26-10-11-27-21)19-6-2-3-7-20(19)24(32)30-12-9-18-5-1-4-8-22(18)30/h1,4-5,8,10-11,17,19-20H,2-3,6-7,9,12-16H2. The van der Waals surface area contributed by atoms with Crippen LogP contribution in [0.5, 0.6) is 0 Å². The van der Waals surface area contributed by atoms with Crippen molar-refractivity contribution in [3.8, 4) is 0 Å². The number of aromatic nitrogens is 2. The smallest absolute Gasteiger partial charge is 0.274 e. The first-order chi connectivity index (χ1) is 16.1. The summed E-state index contributed by atoms with van der Waals surface area (Å²) >= 11 is 0. The third-order valence-corrected chi connectivity index (χ3v) is 7.21. The van der Waals surface area contributed by atoms with E-state index in [-0.39, 0.29) is 29.6 Å². The Balaban J connectivity index is 1.24. The molecule has 0 radical (unpaired) electrons. The molecule has 33 heavy (non-hydrogen) atoms. The molecule has 3 heterocycles. The highest BCUT2D eigenvalue weighted by Crippen LogP contribution is 2.36. The van der Waals surface area contributed by atoms with Crippen LogP contribution in [0.25, 0.3) is 0 Å². The number of anilines is 1. The maximum Gasteiger partial charge on any atom is 0.274 e. The van der Waals surface area contributed by atoms with Crippen LogP contribution in [0, 0.1) is 11.8 Å². The summed E-state index contributed by atoms with van der Waals surface area (Å²) in [5, 5.41) is 0. The Bertz CT molecular complexity index is 1040. The van der Waals surface area contributed by atoms with Gasteiger partial charge >= 0.3 is 0 Å². The molecule has 2 aliphatic heterocycles. The van der Waals surface area contributed by atoms with Gasteiger partial charge in [0.15, 0.2) is 0 Å². The molecular weight excluding hydrogens is 418 g/mol. The first-order valence-electron chi connectivity index (χ1n) is 11.9. The number of rotatable bonds is 3. The first-order valence-corrected chi connectivity index (χ1v) is 11.9. The number of piperazine rings is 1. The summed E-state index contributed by atoms with van der Waals surface area (Å²) in [6.45, 7) is 2.58. The fourth-order valence-corrected chi connectivity index (χ4v) is 5.43. The van der Waals surface area contributed by atoms with Gasteiger partial charge in [0.2, 0.25) is 11.8 Å². The van der Waals surface area contributed by atoms with E-state index in [1.807, 2.05) is 28.0 Å². The van der Waals surface area contributed by atoms with Crippen molar-refractivity contribution in [2.75, 3.05) is 37.6 Å². The van der Waals surface area contributed by atoms with E-state index in [1.54, 1.807) is 4.90 Å². The van der Waals surface area contributed by atoms with Crippen LogP contribution in [-0.4, -0.2) is 70.2 Å². The molecule has 8 nitrogen and oxygen atoms in total. The Morgan fingerprint density at radius 2 is 1.52 bits per heavy atom. The number of hydrogen-bond donors (Lipinski definition) is 0. The molecule has 3 amide bonds. The molecule has 1 aromatic heterocycles. The molecule has 3 aliphatic rings. The van der Waals surface area contributed by atoms with Crippen molar-refractivity contribution in [2.24, 2.45) is 11.8 Å². The number of carbonyl (C=O) groups excluding carboxylic acids is 3. The van der Waals surface area contributed by atoms with Crippen LogP contribution >= 0.6 is 0 Å². The lowest BCUT2D eigenvalue weighted by atomic mass is 9.77. The summed E-state index contributed by atoms with van der Waals surface area (Å²) < 4.78 is 0. The Morgan fingerprint density at radius 3 is 2.24 bits per heavy atom. The van der Waals surface area contributed by atoms with E-state index in [0.717, 1.165) is 37.8 Å². The van der Waals surface area contributed by atoms with Crippen molar-refractivity contribution in [1.29, 1.82) is 0 Å². The van der Waals surface area contributed by atoms with Crippen LogP contribution in [-0.2, 0) is 16.0 Å². The largest absolute Gasteiger partial charge is 0.339 e. The summed E-state index contributed by atoms with van der Waals surface area (Å²) in [6.07, 6.45) is 8.85. The van der Waals surface area contributed by atoms with Gasteiger partial charge in [0.1, 0.15) is 5.69 Å². The van der Waals surface area contributed by atoms with Gasteiger partial charge in [-0.05, 0) is 30.9 Å². The monoisotopic (exact) mass is 447 g/mol. The summed E-state index contributed by atoms with van der Waals surface area (Å²) in [5.74, 6) is -0.548. The molecule has 0 bridgehead atoms. The molecule has 0 N–H and O–H groups in total. The maximum absolute atomic E-state index is 13.5. The highest BCUT2D eigenvalue weighted by molar-refractivity contribution is 5.99. The molecule has 1 saturated heterocycles. The van der Waals surface area contributed by atoms with Gasteiger partial charge in [-0.1, -0.05) is 31.0 Å². The number of para-hydroxylation sites is 1. The number of hydrogen-bond acceptors (Lipinski definition) is 5. The van der Waals surface area contributed by atoms with Gasteiger partial charge in [0.05, 0.1) is 12.1 Å². The molecule has 172 valence electrons.